The van der Waals surface area contributed by atoms with E-state index < -0.39 is 0 Å². The molecular weight excluding hydrogens is 278 g/mol. The molecular formula is C14H28BrNO. The maximum atomic E-state index is 11.9. The molecule has 1 amide bonds. The minimum absolute atomic E-state index is 0.235. The van der Waals surface area contributed by atoms with Gasteiger partial charge in [-0.25, -0.2) is 0 Å². The van der Waals surface area contributed by atoms with Crippen molar-refractivity contribution in [2.75, 3.05) is 11.9 Å². The first-order valence-corrected chi connectivity index (χ1v) is 8.11. The van der Waals surface area contributed by atoms with Gasteiger partial charge in [0.15, 0.2) is 0 Å². The summed E-state index contributed by atoms with van der Waals surface area (Å²) in [6.45, 7) is 7.36. The van der Waals surface area contributed by atoms with Crippen molar-refractivity contribution < 1.29 is 4.79 Å². The Morgan fingerprint density at radius 2 is 1.76 bits per heavy atom. The topological polar surface area (TPSA) is 29.1 Å². The smallest absolute Gasteiger partial charge is 0.223 e. The van der Waals surface area contributed by atoms with Gasteiger partial charge in [0.05, 0.1) is 0 Å². The Bertz CT molecular complexity index is 191. The van der Waals surface area contributed by atoms with Gasteiger partial charge in [-0.15, -0.1) is 0 Å². The number of halogens is 1. The van der Waals surface area contributed by atoms with Crippen LogP contribution in [0.25, 0.3) is 0 Å². The molecule has 0 aromatic heterocycles. The Morgan fingerprint density at radius 1 is 1.18 bits per heavy atom. The van der Waals surface area contributed by atoms with Gasteiger partial charge in [-0.2, -0.15) is 0 Å². The van der Waals surface area contributed by atoms with E-state index in [1.807, 2.05) is 0 Å². The monoisotopic (exact) mass is 305 g/mol. The minimum atomic E-state index is 0.235. The van der Waals surface area contributed by atoms with Crippen molar-refractivity contribution in [1.29, 1.82) is 0 Å². The Kier molecular flexibility index (Phi) is 11.0. The van der Waals surface area contributed by atoms with E-state index >= 15 is 0 Å². The molecule has 2 nitrogen and oxygen atoms in total. The Labute approximate surface area is 115 Å². The number of hydrogen-bond acceptors (Lipinski definition) is 1. The zero-order chi connectivity index (χ0) is 13.1. The molecule has 1 atom stereocenters. The lowest BCUT2D eigenvalue weighted by Crippen LogP contribution is -2.31. The zero-order valence-corrected chi connectivity index (χ0v) is 13.2. The van der Waals surface area contributed by atoms with Crippen molar-refractivity contribution in [2.24, 2.45) is 11.8 Å². The number of nitrogens with one attached hydrogen (secondary N) is 1. The fourth-order valence-corrected chi connectivity index (χ4v) is 2.31. The summed E-state index contributed by atoms with van der Waals surface area (Å²) in [6, 6.07) is 0. The summed E-state index contributed by atoms with van der Waals surface area (Å²) in [6.07, 6.45) is 6.51. The normalized spacial score (nSPS) is 12.8. The van der Waals surface area contributed by atoms with Crippen LogP contribution in [0.3, 0.4) is 0 Å². The van der Waals surface area contributed by atoms with Gasteiger partial charge >= 0.3 is 0 Å². The molecule has 0 radical (unpaired) electrons. The highest BCUT2D eigenvalue weighted by molar-refractivity contribution is 9.09. The highest BCUT2D eigenvalue weighted by Gasteiger charge is 2.15. The second-order valence-electron chi connectivity index (χ2n) is 4.97. The fraction of sp³-hybridized carbons (Fsp3) is 0.929. The molecule has 17 heavy (non-hydrogen) atoms. The van der Waals surface area contributed by atoms with E-state index in [1.165, 1.54) is 6.42 Å². The number of amides is 1. The van der Waals surface area contributed by atoms with Crippen molar-refractivity contribution in [3.05, 3.63) is 0 Å². The van der Waals surface area contributed by atoms with Gasteiger partial charge in [-0.05, 0) is 31.6 Å². The number of carbonyl (C=O) groups excluding carboxylic acids is 1. The molecule has 3 heteroatoms. The van der Waals surface area contributed by atoms with Crippen molar-refractivity contribution in [3.63, 3.8) is 0 Å². The summed E-state index contributed by atoms with van der Waals surface area (Å²) in [5, 5.41) is 4.13. The van der Waals surface area contributed by atoms with E-state index in [2.05, 4.69) is 42.0 Å². The molecule has 0 aliphatic rings. The zero-order valence-electron chi connectivity index (χ0n) is 11.6. The molecule has 0 saturated carbocycles. The first kappa shape index (κ1) is 16.9. The van der Waals surface area contributed by atoms with Crippen LogP contribution in [0.15, 0.2) is 0 Å². The van der Waals surface area contributed by atoms with Gasteiger partial charge in [0.1, 0.15) is 0 Å². The number of rotatable bonds is 10. The lowest BCUT2D eigenvalue weighted by atomic mass is 9.97. The van der Waals surface area contributed by atoms with Crippen LogP contribution < -0.4 is 5.32 Å². The third kappa shape index (κ3) is 8.64. The van der Waals surface area contributed by atoms with E-state index in [4.69, 9.17) is 0 Å². The van der Waals surface area contributed by atoms with E-state index in [0.29, 0.717) is 5.92 Å². The average molecular weight is 306 g/mol. The van der Waals surface area contributed by atoms with Crippen LogP contribution in [0.2, 0.25) is 0 Å². The van der Waals surface area contributed by atoms with Crippen LogP contribution in [-0.4, -0.2) is 17.8 Å². The summed E-state index contributed by atoms with van der Waals surface area (Å²) >= 11 is 3.47. The van der Waals surface area contributed by atoms with Gasteiger partial charge in [0, 0.05) is 17.8 Å². The van der Waals surface area contributed by atoms with Crippen LogP contribution >= 0.6 is 15.9 Å². The summed E-state index contributed by atoms with van der Waals surface area (Å²) < 4.78 is 0. The molecule has 0 heterocycles. The predicted molar refractivity (Wildman–Crippen MR) is 78.5 cm³/mol. The third-order valence-corrected chi connectivity index (χ3v) is 4.19. The highest BCUT2D eigenvalue weighted by atomic mass is 79.9. The lowest BCUT2D eigenvalue weighted by Gasteiger charge is -2.15. The third-order valence-electron chi connectivity index (χ3n) is 3.08. The molecule has 0 saturated heterocycles. The minimum Gasteiger partial charge on any atom is -0.356 e. The predicted octanol–water partition coefficient (Wildman–Crippen LogP) is 4.13. The van der Waals surface area contributed by atoms with Crippen molar-refractivity contribution in [3.8, 4) is 0 Å². The van der Waals surface area contributed by atoms with Crippen LogP contribution in [0.5, 0.6) is 0 Å². The average Bonchev–Trinajstić information content (AvgIpc) is 2.33. The number of alkyl halides is 1. The Balaban J connectivity index is 3.73. The lowest BCUT2D eigenvalue weighted by molar-refractivity contribution is -0.125. The first-order valence-electron chi connectivity index (χ1n) is 6.99. The highest BCUT2D eigenvalue weighted by Crippen LogP contribution is 2.13. The number of hydrogen-bond donors (Lipinski definition) is 1. The standard InChI is InChI=1S/C14H28BrNO/c1-4-7-13(8-5-2)14(17)16-10-6-9-12(3)11-15/h12-13H,4-11H2,1-3H3,(H,16,17). The van der Waals surface area contributed by atoms with Gasteiger partial charge in [0.2, 0.25) is 5.91 Å². The van der Waals surface area contributed by atoms with Crippen LogP contribution in [0.4, 0.5) is 0 Å². The molecule has 0 rings (SSSR count). The summed E-state index contributed by atoms with van der Waals surface area (Å²) in [5.74, 6) is 1.20. The van der Waals surface area contributed by atoms with Crippen molar-refractivity contribution >= 4 is 21.8 Å². The molecule has 102 valence electrons. The van der Waals surface area contributed by atoms with Gasteiger partial charge in [0.25, 0.3) is 0 Å². The van der Waals surface area contributed by atoms with Crippen molar-refractivity contribution in [1.82, 2.24) is 5.32 Å². The maximum Gasteiger partial charge on any atom is 0.223 e. The summed E-state index contributed by atoms with van der Waals surface area (Å²) in [4.78, 5) is 11.9. The van der Waals surface area contributed by atoms with E-state index in [1.54, 1.807) is 0 Å². The van der Waals surface area contributed by atoms with Crippen molar-refractivity contribution in [2.45, 2.75) is 59.3 Å². The fourth-order valence-electron chi connectivity index (χ4n) is 1.99. The molecule has 0 aliphatic carbocycles. The molecule has 1 N–H and O–H groups in total. The van der Waals surface area contributed by atoms with Gasteiger partial charge < -0.3 is 5.32 Å². The van der Waals surface area contributed by atoms with E-state index in [0.717, 1.165) is 44.0 Å². The summed E-state index contributed by atoms with van der Waals surface area (Å²) in [7, 11) is 0. The number of carbonyl (C=O) groups is 1. The molecule has 0 spiro atoms. The SMILES string of the molecule is CCCC(CCC)C(=O)NCCCC(C)CBr. The Morgan fingerprint density at radius 3 is 2.24 bits per heavy atom. The second kappa shape index (κ2) is 11.1. The summed E-state index contributed by atoms with van der Waals surface area (Å²) in [5.41, 5.74) is 0. The van der Waals surface area contributed by atoms with Crippen LogP contribution in [-0.2, 0) is 4.79 Å². The molecule has 0 aliphatic heterocycles. The first-order chi connectivity index (χ1) is 8.15. The van der Waals surface area contributed by atoms with Crippen LogP contribution in [0.1, 0.15) is 59.3 Å². The van der Waals surface area contributed by atoms with E-state index in [-0.39, 0.29) is 11.8 Å². The largest absolute Gasteiger partial charge is 0.356 e. The van der Waals surface area contributed by atoms with E-state index in [9.17, 15) is 4.79 Å². The van der Waals surface area contributed by atoms with Gasteiger partial charge in [-0.3, -0.25) is 4.79 Å². The molecule has 0 aromatic carbocycles. The molecule has 0 bridgehead atoms. The Hall–Kier alpha value is -0.0500. The molecule has 0 fully saturated rings. The quantitative estimate of drug-likeness (QED) is 0.477. The van der Waals surface area contributed by atoms with Crippen LogP contribution in [0, 0.1) is 11.8 Å². The second-order valence-corrected chi connectivity index (χ2v) is 5.61. The molecule has 0 aromatic rings. The maximum absolute atomic E-state index is 11.9. The van der Waals surface area contributed by atoms with Gasteiger partial charge in [-0.1, -0.05) is 49.5 Å². The molecule has 1 unspecified atom stereocenters.